The maximum Gasteiger partial charge on any atom is 0.195 e. The van der Waals surface area contributed by atoms with Gasteiger partial charge in [0, 0.05) is 12.3 Å². The van der Waals surface area contributed by atoms with Gasteiger partial charge in [0.2, 0.25) is 0 Å². The van der Waals surface area contributed by atoms with Gasteiger partial charge in [-0.1, -0.05) is 6.92 Å². The molecular formula is C11H16N4S3. The predicted molar refractivity (Wildman–Crippen MR) is 80.8 cm³/mol. The number of aryl methyl sites for hydroxylation is 1. The minimum absolute atomic E-state index is 0.686. The van der Waals surface area contributed by atoms with E-state index in [0.717, 1.165) is 40.1 Å². The van der Waals surface area contributed by atoms with Gasteiger partial charge in [0.05, 0.1) is 10.6 Å². The van der Waals surface area contributed by atoms with Crippen molar-refractivity contribution in [2.24, 2.45) is 0 Å². The maximum atomic E-state index is 5.26. The zero-order valence-corrected chi connectivity index (χ0v) is 13.1. The molecule has 2 rings (SSSR count). The lowest BCUT2D eigenvalue weighted by Crippen LogP contribution is -1.99. The lowest BCUT2D eigenvalue weighted by atomic mass is 10.3. The largest absolute Gasteiger partial charge is 0.299 e. The number of aromatic amines is 1. The second-order valence-electron chi connectivity index (χ2n) is 3.96. The van der Waals surface area contributed by atoms with Gasteiger partial charge in [-0.05, 0) is 31.8 Å². The van der Waals surface area contributed by atoms with Gasteiger partial charge in [-0.3, -0.25) is 9.67 Å². The van der Waals surface area contributed by atoms with Gasteiger partial charge in [0.25, 0.3) is 0 Å². The Hall–Kier alpha value is -0.660. The van der Waals surface area contributed by atoms with Crippen molar-refractivity contribution in [1.29, 1.82) is 0 Å². The van der Waals surface area contributed by atoms with Crippen molar-refractivity contribution in [3.8, 4) is 10.7 Å². The molecule has 2 heterocycles. The Labute approximate surface area is 120 Å². The molecule has 18 heavy (non-hydrogen) atoms. The van der Waals surface area contributed by atoms with Crippen LogP contribution in [0, 0.1) is 11.7 Å². The van der Waals surface area contributed by atoms with E-state index in [4.69, 9.17) is 12.2 Å². The summed E-state index contributed by atoms with van der Waals surface area (Å²) in [7, 11) is 0. The van der Waals surface area contributed by atoms with Crippen molar-refractivity contribution in [3.63, 3.8) is 0 Å². The van der Waals surface area contributed by atoms with Crippen molar-refractivity contribution < 1.29 is 0 Å². The van der Waals surface area contributed by atoms with Gasteiger partial charge in [0.15, 0.2) is 10.6 Å². The molecule has 2 aromatic rings. The number of thiazole rings is 1. The van der Waals surface area contributed by atoms with E-state index in [9.17, 15) is 0 Å². The van der Waals surface area contributed by atoms with Gasteiger partial charge >= 0.3 is 0 Å². The van der Waals surface area contributed by atoms with Crippen molar-refractivity contribution in [2.75, 3.05) is 6.26 Å². The number of hydrogen-bond donors (Lipinski definition) is 1. The molecule has 0 bridgehead atoms. The first-order valence-corrected chi connectivity index (χ1v) is 8.40. The van der Waals surface area contributed by atoms with E-state index in [1.807, 2.05) is 6.92 Å². The highest BCUT2D eigenvalue weighted by molar-refractivity contribution is 7.97. The van der Waals surface area contributed by atoms with Crippen LogP contribution < -0.4 is 0 Å². The Bertz CT molecular complexity index is 581. The smallest absolute Gasteiger partial charge is 0.195 e. The van der Waals surface area contributed by atoms with E-state index in [0.29, 0.717) is 4.77 Å². The van der Waals surface area contributed by atoms with Crippen LogP contribution >= 0.6 is 35.3 Å². The monoisotopic (exact) mass is 300 g/mol. The fourth-order valence-corrected chi connectivity index (χ4v) is 3.75. The van der Waals surface area contributed by atoms with Crippen molar-refractivity contribution >= 4 is 35.3 Å². The van der Waals surface area contributed by atoms with Gasteiger partial charge in [-0.2, -0.15) is 16.9 Å². The molecule has 0 amide bonds. The van der Waals surface area contributed by atoms with Crippen LogP contribution in [0.15, 0.2) is 0 Å². The standard InChI is InChI=1S/C11H16N4S3/c1-4-5-15-10(13-14-11(15)16)9-7(2)12-8(18-9)6-17-3/h4-6H2,1-3H3,(H,14,16). The first kappa shape index (κ1) is 13.8. The van der Waals surface area contributed by atoms with Crippen LogP contribution in [-0.2, 0) is 12.3 Å². The van der Waals surface area contributed by atoms with E-state index in [-0.39, 0.29) is 0 Å². The maximum absolute atomic E-state index is 5.26. The molecule has 98 valence electrons. The quantitative estimate of drug-likeness (QED) is 0.856. The van der Waals surface area contributed by atoms with Crippen LogP contribution in [0.1, 0.15) is 24.0 Å². The molecule has 0 saturated carbocycles. The number of aromatic nitrogens is 4. The van der Waals surface area contributed by atoms with Crippen LogP contribution in [0.5, 0.6) is 0 Å². The molecule has 0 saturated heterocycles. The van der Waals surface area contributed by atoms with E-state index < -0.39 is 0 Å². The summed E-state index contributed by atoms with van der Waals surface area (Å²) in [5, 5.41) is 8.37. The zero-order chi connectivity index (χ0) is 13.1. The molecule has 0 spiro atoms. The zero-order valence-electron chi connectivity index (χ0n) is 10.7. The van der Waals surface area contributed by atoms with Crippen molar-refractivity contribution in [2.45, 2.75) is 32.6 Å². The van der Waals surface area contributed by atoms with Crippen molar-refractivity contribution in [1.82, 2.24) is 19.7 Å². The fraction of sp³-hybridized carbons (Fsp3) is 0.545. The van der Waals surface area contributed by atoms with Gasteiger partial charge in [0.1, 0.15) is 5.01 Å². The Kier molecular flexibility index (Phi) is 4.58. The van der Waals surface area contributed by atoms with Crippen LogP contribution in [-0.4, -0.2) is 26.0 Å². The minimum atomic E-state index is 0.686. The van der Waals surface area contributed by atoms with Gasteiger partial charge in [-0.25, -0.2) is 4.98 Å². The van der Waals surface area contributed by atoms with Crippen LogP contribution in [0.4, 0.5) is 0 Å². The molecule has 7 heteroatoms. The average Bonchev–Trinajstić information content (AvgIpc) is 2.85. The minimum Gasteiger partial charge on any atom is -0.299 e. The summed E-state index contributed by atoms with van der Waals surface area (Å²) >= 11 is 8.76. The number of nitrogens with one attached hydrogen (secondary N) is 1. The molecule has 0 unspecified atom stereocenters. The summed E-state index contributed by atoms with van der Waals surface area (Å²) in [5.74, 6) is 1.87. The van der Waals surface area contributed by atoms with E-state index in [1.54, 1.807) is 23.1 Å². The first-order valence-electron chi connectivity index (χ1n) is 5.78. The molecule has 0 atom stereocenters. The summed E-state index contributed by atoms with van der Waals surface area (Å²) in [6, 6.07) is 0. The van der Waals surface area contributed by atoms with E-state index in [1.165, 1.54) is 0 Å². The Morgan fingerprint density at radius 1 is 1.50 bits per heavy atom. The third-order valence-electron chi connectivity index (χ3n) is 2.52. The Morgan fingerprint density at radius 2 is 2.28 bits per heavy atom. The SMILES string of the molecule is CCCn1c(-c2sc(CSC)nc2C)n[nH]c1=S. The molecule has 0 aromatic carbocycles. The second kappa shape index (κ2) is 5.99. The molecule has 4 nitrogen and oxygen atoms in total. The van der Waals surface area contributed by atoms with E-state index in [2.05, 4.69) is 32.9 Å². The topological polar surface area (TPSA) is 46.5 Å². The molecule has 1 N–H and O–H groups in total. The molecule has 0 fully saturated rings. The van der Waals surface area contributed by atoms with Gasteiger partial charge in [-0.15, -0.1) is 11.3 Å². The lowest BCUT2D eigenvalue weighted by molar-refractivity contribution is 0.675. The van der Waals surface area contributed by atoms with E-state index >= 15 is 0 Å². The Balaban J connectivity index is 2.45. The molecular weight excluding hydrogens is 284 g/mol. The predicted octanol–water partition coefficient (Wildman–Crippen LogP) is 3.65. The summed E-state index contributed by atoms with van der Waals surface area (Å²) in [6.07, 6.45) is 3.12. The normalized spacial score (nSPS) is 11.1. The van der Waals surface area contributed by atoms with Gasteiger partial charge < -0.3 is 0 Å². The summed E-state index contributed by atoms with van der Waals surface area (Å²) in [5.41, 5.74) is 1.04. The molecule has 0 radical (unpaired) electrons. The highest BCUT2D eigenvalue weighted by Crippen LogP contribution is 2.30. The third kappa shape index (κ3) is 2.67. The van der Waals surface area contributed by atoms with Crippen LogP contribution in [0.3, 0.4) is 0 Å². The summed E-state index contributed by atoms with van der Waals surface area (Å²) < 4.78 is 2.74. The first-order chi connectivity index (χ1) is 8.67. The number of hydrogen-bond acceptors (Lipinski definition) is 5. The highest BCUT2D eigenvalue weighted by Gasteiger charge is 2.15. The second-order valence-corrected chi connectivity index (χ2v) is 6.30. The average molecular weight is 300 g/mol. The molecule has 0 aliphatic carbocycles. The van der Waals surface area contributed by atoms with Crippen molar-refractivity contribution in [3.05, 3.63) is 15.5 Å². The number of nitrogens with zero attached hydrogens (tertiary/aromatic N) is 3. The molecule has 0 aliphatic heterocycles. The fourth-order valence-electron chi connectivity index (χ4n) is 1.77. The lowest BCUT2D eigenvalue weighted by Gasteiger charge is -2.02. The molecule has 2 aromatic heterocycles. The summed E-state index contributed by atoms with van der Waals surface area (Å²) in [6.45, 7) is 5.06. The third-order valence-corrected chi connectivity index (χ3v) is 4.73. The number of rotatable bonds is 5. The molecule has 0 aliphatic rings. The number of H-pyrrole nitrogens is 1. The Morgan fingerprint density at radius 3 is 2.94 bits per heavy atom. The van der Waals surface area contributed by atoms with Crippen LogP contribution in [0.2, 0.25) is 0 Å². The number of thioether (sulfide) groups is 1. The summed E-state index contributed by atoms with van der Waals surface area (Å²) in [4.78, 5) is 5.71. The highest BCUT2D eigenvalue weighted by atomic mass is 32.2. The van der Waals surface area contributed by atoms with Crippen LogP contribution in [0.25, 0.3) is 10.7 Å².